The van der Waals surface area contributed by atoms with Gasteiger partial charge in [0.1, 0.15) is 12.1 Å². The van der Waals surface area contributed by atoms with Crippen LogP contribution in [0.5, 0.6) is 0 Å². The lowest BCUT2D eigenvalue weighted by Crippen LogP contribution is -2.53. The second-order valence-corrected chi connectivity index (χ2v) is 7.28. The van der Waals surface area contributed by atoms with E-state index in [1.165, 1.54) is 6.92 Å². The molecule has 0 saturated heterocycles. The molecule has 0 radical (unpaired) electrons. The van der Waals surface area contributed by atoms with Crippen LogP contribution in [0.4, 0.5) is 0 Å². The Morgan fingerprint density at radius 1 is 1.12 bits per heavy atom. The Morgan fingerprint density at radius 3 is 2.12 bits per heavy atom. The number of carboxylic acids is 1. The number of aryl methyl sites for hydroxylation is 2. The Labute approximate surface area is 154 Å². The molecule has 1 aromatic carbocycles. The van der Waals surface area contributed by atoms with E-state index in [-0.39, 0.29) is 6.61 Å². The average molecular weight is 364 g/mol. The molecular formula is C19H28N2O5. The van der Waals surface area contributed by atoms with Gasteiger partial charge >= 0.3 is 5.97 Å². The van der Waals surface area contributed by atoms with Crippen LogP contribution in [0.25, 0.3) is 0 Å². The number of ether oxygens (including phenoxy) is 1. The lowest BCUT2D eigenvalue weighted by molar-refractivity contribution is -0.142. The van der Waals surface area contributed by atoms with Crippen LogP contribution in [-0.4, -0.2) is 47.2 Å². The molecule has 0 aliphatic heterocycles. The zero-order valence-electron chi connectivity index (χ0n) is 16.2. The van der Waals surface area contributed by atoms with Crippen molar-refractivity contribution < 1.29 is 24.2 Å². The smallest absolute Gasteiger partial charge is 0.325 e. The number of amides is 2. The first-order valence-electron chi connectivity index (χ1n) is 8.46. The normalized spacial score (nSPS) is 13.6. The van der Waals surface area contributed by atoms with Gasteiger partial charge in [-0.15, -0.1) is 0 Å². The van der Waals surface area contributed by atoms with E-state index in [2.05, 4.69) is 10.6 Å². The maximum absolute atomic E-state index is 12.7. The van der Waals surface area contributed by atoms with E-state index >= 15 is 0 Å². The van der Waals surface area contributed by atoms with Crippen LogP contribution in [0.2, 0.25) is 0 Å². The Kier molecular flexibility index (Phi) is 7.32. The number of hydrogen-bond acceptors (Lipinski definition) is 4. The summed E-state index contributed by atoms with van der Waals surface area (Å²) in [5.74, 6) is -2.17. The molecule has 0 fully saturated rings. The van der Waals surface area contributed by atoms with Gasteiger partial charge in [0.25, 0.3) is 5.91 Å². The summed E-state index contributed by atoms with van der Waals surface area (Å²) in [5.41, 5.74) is 1.56. The van der Waals surface area contributed by atoms with E-state index in [1.807, 2.05) is 52.8 Å². The van der Waals surface area contributed by atoms with Gasteiger partial charge in [-0.3, -0.25) is 14.4 Å². The summed E-state index contributed by atoms with van der Waals surface area (Å²) in [6.07, 6.45) is 0. The van der Waals surface area contributed by atoms with Crippen molar-refractivity contribution in [3.05, 3.63) is 34.9 Å². The van der Waals surface area contributed by atoms with Gasteiger partial charge in [0.15, 0.2) is 0 Å². The molecule has 0 saturated carbocycles. The minimum Gasteiger partial charge on any atom is -0.480 e. The van der Waals surface area contributed by atoms with Crippen molar-refractivity contribution in [3.8, 4) is 0 Å². The molecule has 0 spiro atoms. The second kappa shape index (κ2) is 8.80. The lowest BCUT2D eigenvalue weighted by Gasteiger charge is -2.25. The van der Waals surface area contributed by atoms with Gasteiger partial charge in [-0.1, -0.05) is 18.2 Å². The summed E-state index contributed by atoms with van der Waals surface area (Å²) in [6.45, 7) is 10.4. The lowest BCUT2D eigenvalue weighted by atomic mass is 10.0. The first-order valence-corrected chi connectivity index (χ1v) is 8.46. The van der Waals surface area contributed by atoms with Crippen molar-refractivity contribution in [2.75, 3.05) is 6.61 Å². The van der Waals surface area contributed by atoms with Crippen LogP contribution in [0.1, 0.15) is 49.2 Å². The first kappa shape index (κ1) is 21.6. The van der Waals surface area contributed by atoms with Gasteiger partial charge in [0, 0.05) is 5.56 Å². The number of benzene rings is 1. The molecule has 0 bridgehead atoms. The monoisotopic (exact) mass is 364 g/mol. The van der Waals surface area contributed by atoms with E-state index in [0.29, 0.717) is 5.56 Å². The highest BCUT2D eigenvalue weighted by atomic mass is 16.5. The Morgan fingerprint density at radius 2 is 1.65 bits per heavy atom. The van der Waals surface area contributed by atoms with Crippen LogP contribution >= 0.6 is 0 Å². The molecule has 0 aliphatic carbocycles. The molecule has 1 aromatic rings. The van der Waals surface area contributed by atoms with Crippen LogP contribution < -0.4 is 10.6 Å². The fourth-order valence-electron chi connectivity index (χ4n) is 2.29. The minimum absolute atomic E-state index is 0.0711. The van der Waals surface area contributed by atoms with E-state index in [1.54, 1.807) is 0 Å². The Balaban J connectivity index is 2.98. The molecule has 2 amide bonds. The molecule has 0 heterocycles. The SMILES string of the molecule is Cc1cccc(C)c1C(=O)N[C@H](COC(C)(C)C)C(=O)N[C@@H](C)C(=O)O. The van der Waals surface area contributed by atoms with Crippen LogP contribution in [-0.2, 0) is 14.3 Å². The number of carboxylic acid groups (broad SMARTS) is 1. The summed E-state index contributed by atoms with van der Waals surface area (Å²) in [5, 5.41) is 14.0. The average Bonchev–Trinajstić information content (AvgIpc) is 2.49. The number of aliphatic carboxylic acids is 1. The predicted molar refractivity (Wildman–Crippen MR) is 98.1 cm³/mol. The molecule has 2 atom stereocenters. The standard InChI is InChI=1S/C19H28N2O5/c1-11-8-7-9-12(2)15(11)17(23)21-14(10-26-19(4,5)6)16(22)20-13(3)18(24)25/h7-9,13-14H,10H2,1-6H3,(H,20,22)(H,21,23)(H,24,25)/t13-,14+/m0/s1. The van der Waals surface area contributed by atoms with Crippen LogP contribution in [0.3, 0.4) is 0 Å². The Hall–Kier alpha value is -2.41. The van der Waals surface area contributed by atoms with E-state index in [9.17, 15) is 14.4 Å². The van der Waals surface area contributed by atoms with Gasteiger partial charge in [-0.25, -0.2) is 0 Å². The van der Waals surface area contributed by atoms with E-state index in [0.717, 1.165) is 11.1 Å². The fourth-order valence-corrected chi connectivity index (χ4v) is 2.29. The van der Waals surface area contributed by atoms with Gasteiger partial charge in [-0.05, 0) is 52.7 Å². The van der Waals surface area contributed by atoms with Crippen molar-refractivity contribution in [3.63, 3.8) is 0 Å². The van der Waals surface area contributed by atoms with Gasteiger partial charge in [0.05, 0.1) is 12.2 Å². The second-order valence-electron chi connectivity index (χ2n) is 7.28. The minimum atomic E-state index is -1.16. The maximum atomic E-state index is 12.7. The highest BCUT2D eigenvalue weighted by Crippen LogP contribution is 2.14. The highest BCUT2D eigenvalue weighted by Gasteiger charge is 2.27. The molecule has 0 aromatic heterocycles. The molecule has 0 unspecified atom stereocenters. The summed E-state index contributed by atoms with van der Waals surface area (Å²) in [7, 11) is 0. The zero-order valence-corrected chi connectivity index (χ0v) is 16.2. The van der Waals surface area contributed by atoms with E-state index in [4.69, 9.17) is 9.84 Å². The van der Waals surface area contributed by atoms with Gasteiger partial charge in [-0.2, -0.15) is 0 Å². The summed E-state index contributed by atoms with van der Waals surface area (Å²) in [6, 6.07) is 3.40. The number of hydrogen-bond donors (Lipinski definition) is 3. The molecule has 26 heavy (non-hydrogen) atoms. The summed E-state index contributed by atoms with van der Waals surface area (Å²) in [4.78, 5) is 36.1. The van der Waals surface area contributed by atoms with Gasteiger partial charge < -0.3 is 20.5 Å². The topological polar surface area (TPSA) is 105 Å². The largest absolute Gasteiger partial charge is 0.480 e. The molecule has 144 valence electrons. The summed E-state index contributed by atoms with van der Waals surface area (Å²) < 4.78 is 5.63. The highest BCUT2D eigenvalue weighted by molar-refractivity contribution is 6.00. The van der Waals surface area contributed by atoms with Crippen LogP contribution in [0, 0.1) is 13.8 Å². The number of carbonyl (C=O) groups excluding carboxylic acids is 2. The molecular weight excluding hydrogens is 336 g/mol. The number of carbonyl (C=O) groups is 3. The third kappa shape index (κ3) is 6.48. The fraction of sp³-hybridized carbons (Fsp3) is 0.526. The van der Waals surface area contributed by atoms with E-state index < -0.39 is 35.5 Å². The zero-order chi connectivity index (χ0) is 20.1. The number of nitrogens with one attached hydrogen (secondary N) is 2. The Bertz CT molecular complexity index is 659. The van der Waals surface area contributed by atoms with Crippen molar-refractivity contribution in [1.29, 1.82) is 0 Å². The van der Waals surface area contributed by atoms with Crippen LogP contribution in [0.15, 0.2) is 18.2 Å². The third-order valence-corrected chi connectivity index (χ3v) is 3.74. The van der Waals surface area contributed by atoms with Crippen molar-refractivity contribution in [1.82, 2.24) is 10.6 Å². The summed E-state index contributed by atoms with van der Waals surface area (Å²) >= 11 is 0. The third-order valence-electron chi connectivity index (χ3n) is 3.74. The first-order chi connectivity index (χ1) is 11.9. The predicted octanol–water partition coefficient (Wildman–Crippen LogP) is 1.81. The molecule has 7 heteroatoms. The molecule has 0 aliphatic rings. The van der Waals surface area contributed by atoms with Crippen molar-refractivity contribution >= 4 is 17.8 Å². The van der Waals surface area contributed by atoms with Crippen molar-refractivity contribution in [2.24, 2.45) is 0 Å². The maximum Gasteiger partial charge on any atom is 0.325 e. The molecule has 1 rings (SSSR count). The van der Waals surface area contributed by atoms with Gasteiger partial charge in [0.2, 0.25) is 5.91 Å². The molecule has 7 nitrogen and oxygen atoms in total. The molecule has 3 N–H and O–H groups in total. The quantitative estimate of drug-likeness (QED) is 0.684. The van der Waals surface area contributed by atoms with Crippen molar-refractivity contribution in [2.45, 2.75) is 59.2 Å². The number of rotatable bonds is 7.